The summed E-state index contributed by atoms with van der Waals surface area (Å²) in [7, 11) is 0. The number of ether oxygens (including phenoxy) is 4. The molecule has 6 aromatic heterocycles. The van der Waals surface area contributed by atoms with Crippen LogP contribution in [0, 0.1) is 47.9 Å². The second-order valence-electron chi connectivity index (χ2n) is 23.2. The standard InChI is InChI=1S/2C33H29ClF2N4O4/c2*1-18-7-8-20(31(34)37-18)15-44-30-6-4-5-25(39-30)22-14-23(35)21(11-24(22)36)13-29-38-26-10-9-19(32(41)42)12-27(26)40(29)28-16-43-17-33(28,2)3/h2*4-12,14,28H,13,15-17H2,1-3H3,(H,41,42). The molecule has 0 saturated carbocycles. The normalized spacial score (nSPS) is 16.0. The summed E-state index contributed by atoms with van der Waals surface area (Å²) in [6, 6.07) is 30.5. The second kappa shape index (κ2) is 24.7. The third kappa shape index (κ3) is 12.8. The lowest BCUT2D eigenvalue weighted by molar-refractivity contribution is 0.0686. The van der Waals surface area contributed by atoms with Crippen molar-refractivity contribution in [3.63, 3.8) is 0 Å². The highest BCUT2D eigenvalue weighted by molar-refractivity contribution is 6.30. The fourth-order valence-corrected chi connectivity index (χ4v) is 11.5. The summed E-state index contributed by atoms with van der Waals surface area (Å²) in [5.74, 6) is -3.29. The first kappa shape index (κ1) is 60.9. The van der Waals surface area contributed by atoms with E-state index in [-0.39, 0.29) is 105 Å². The van der Waals surface area contributed by atoms with Crippen LogP contribution in [0.2, 0.25) is 10.3 Å². The molecule has 0 radical (unpaired) electrons. The fraction of sp³-hybridized carbons (Fsp3) is 0.273. The molecule has 88 heavy (non-hydrogen) atoms. The number of pyridine rings is 4. The molecule has 10 aromatic rings. The molecule has 2 N–H and O–H groups in total. The third-order valence-electron chi connectivity index (χ3n) is 15.8. The van der Waals surface area contributed by atoms with Gasteiger partial charge in [-0.1, -0.05) is 75.2 Å². The molecule has 0 spiro atoms. The number of aromatic nitrogens is 8. The van der Waals surface area contributed by atoms with E-state index in [1.807, 2.05) is 74.9 Å². The number of aromatic carboxylic acids is 2. The van der Waals surface area contributed by atoms with E-state index in [0.717, 1.165) is 35.7 Å². The maximum atomic E-state index is 15.6. The molecule has 2 unspecified atom stereocenters. The summed E-state index contributed by atoms with van der Waals surface area (Å²) in [5.41, 5.74) is 5.44. The Morgan fingerprint density at radius 2 is 0.943 bits per heavy atom. The summed E-state index contributed by atoms with van der Waals surface area (Å²) in [6.07, 6.45) is -0.0384. The smallest absolute Gasteiger partial charge is 0.335 e. The molecule has 12 rings (SSSR count). The number of carbonyl (C=O) groups is 2. The minimum atomic E-state index is -1.06. The Balaban J connectivity index is 0.000000182. The van der Waals surface area contributed by atoms with Gasteiger partial charge in [0, 0.05) is 69.4 Å². The molecule has 2 fully saturated rings. The number of carboxylic acids is 2. The SMILES string of the molecule is Cc1ccc(COc2cccc(-c3cc(F)c(Cc4nc5ccc(C(=O)O)cc5n4C4COCC4(C)C)cc3F)n2)c(Cl)n1.Cc1ccc(COc2cccc(-c3cc(F)c(Cc4nc5ccc(C(=O)O)cc5n4C4COCC4(C)C)cc3F)n2)c(Cl)n1. The van der Waals surface area contributed by atoms with E-state index in [9.17, 15) is 19.8 Å². The van der Waals surface area contributed by atoms with E-state index in [1.54, 1.807) is 60.7 Å². The average molecular weight is 1240 g/mol. The lowest BCUT2D eigenvalue weighted by Crippen LogP contribution is -2.27. The Kier molecular flexibility index (Phi) is 17.1. The highest BCUT2D eigenvalue weighted by Crippen LogP contribution is 2.43. The van der Waals surface area contributed by atoms with Crippen LogP contribution >= 0.6 is 23.2 Å². The Morgan fingerprint density at radius 1 is 0.534 bits per heavy atom. The second-order valence-corrected chi connectivity index (χ2v) is 23.9. The lowest BCUT2D eigenvalue weighted by atomic mass is 9.87. The van der Waals surface area contributed by atoms with Gasteiger partial charge in [0.15, 0.2) is 0 Å². The first-order valence-electron chi connectivity index (χ1n) is 28.0. The van der Waals surface area contributed by atoms with Crippen molar-refractivity contribution in [2.24, 2.45) is 10.8 Å². The summed E-state index contributed by atoms with van der Waals surface area (Å²) in [4.78, 5) is 50.0. The third-order valence-corrected chi connectivity index (χ3v) is 16.5. The van der Waals surface area contributed by atoms with E-state index in [4.69, 9.17) is 52.1 Å². The Labute approximate surface area is 512 Å². The number of benzene rings is 4. The summed E-state index contributed by atoms with van der Waals surface area (Å²) in [5, 5.41) is 19.8. The van der Waals surface area contributed by atoms with Gasteiger partial charge in [-0.15, -0.1) is 0 Å². The summed E-state index contributed by atoms with van der Waals surface area (Å²) < 4.78 is 89.4. The summed E-state index contributed by atoms with van der Waals surface area (Å²) in [6.45, 7) is 13.8. The number of rotatable bonds is 16. The fourth-order valence-electron chi connectivity index (χ4n) is 11.0. The van der Waals surface area contributed by atoms with Crippen LogP contribution in [-0.4, -0.2) is 87.6 Å². The van der Waals surface area contributed by atoms with Crippen molar-refractivity contribution < 1.29 is 56.3 Å². The van der Waals surface area contributed by atoms with E-state index < -0.39 is 35.2 Å². The lowest BCUT2D eigenvalue weighted by Gasteiger charge is -2.28. The Hall–Kier alpha value is -8.82. The van der Waals surface area contributed by atoms with Gasteiger partial charge in [0.25, 0.3) is 0 Å². The van der Waals surface area contributed by atoms with Crippen molar-refractivity contribution in [3.8, 4) is 34.3 Å². The number of hydrogen-bond acceptors (Lipinski definition) is 12. The molecule has 0 bridgehead atoms. The molecule has 0 aliphatic carbocycles. The minimum absolute atomic E-state index is 0.0170. The molecule has 452 valence electrons. The minimum Gasteiger partial charge on any atom is -0.478 e. The van der Waals surface area contributed by atoms with Crippen molar-refractivity contribution >= 4 is 57.2 Å². The molecule has 2 aliphatic heterocycles. The van der Waals surface area contributed by atoms with Crippen LogP contribution in [0.25, 0.3) is 44.6 Å². The van der Waals surface area contributed by atoms with Gasteiger partial charge >= 0.3 is 11.9 Å². The number of fused-ring (bicyclic) bond motifs is 2. The summed E-state index contributed by atoms with van der Waals surface area (Å²) >= 11 is 12.4. The molecule has 8 heterocycles. The average Bonchev–Trinajstić information content (AvgIpc) is 1.84. The van der Waals surface area contributed by atoms with Crippen molar-refractivity contribution in [1.82, 2.24) is 39.0 Å². The maximum absolute atomic E-state index is 15.6. The molecule has 2 saturated heterocycles. The molecular formula is C66H58Cl2F4N8O8. The van der Waals surface area contributed by atoms with Crippen molar-refractivity contribution in [1.29, 1.82) is 0 Å². The van der Waals surface area contributed by atoms with Crippen molar-refractivity contribution in [3.05, 3.63) is 211 Å². The number of hydrogen-bond donors (Lipinski definition) is 2. The van der Waals surface area contributed by atoms with Crippen molar-refractivity contribution in [2.45, 2.75) is 79.7 Å². The van der Waals surface area contributed by atoms with Crippen LogP contribution in [0.1, 0.15) is 106 Å². The molecule has 22 heteroatoms. The van der Waals surface area contributed by atoms with Gasteiger partial charge in [-0.25, -0.2) is 57.1 Å². The molecule has 2 atom stereocenters. The van der Waals surface area contributed by atoms with Crippen LogP contribution in [0.3, 0.4) is 0 Å². The van der Waals surface area contributed by atoms with Crippen LogP contribution in [0.15, 0.2) is 121 Å². The predicted octanol–water partition coefficient (Wildman–Crippen LogP) is 14.4. The van der Waals surface area contributed by atoms with Crippen LogP contribution in [0.5, 0.6) is 11.8 Å². The van der Waals surface area contributed by atoms with Gasteiger partial charge in [0.05, 0.1) is 83.1 Å². The molecule has 16 nitrogen and oxygen atoms in total. The number of halogens is 6. The van der Waals surface area contributed by atoms with E-state index in [2.05, 4.69) is 19.9 Å². The Morgan fingerprint density at radius 3 is 1.31 bits per heavy atom. The van der Waals surface area contributed by atoms with Crippen LogP contribution in [0.4, 0.5) is 17.6 Å². The maximum Gasteiger partial charge on any atom is 0.335 e. The topological polar surface area (TPSA) is 199 Å². The Bertz CT molecular complexity index is 4090. The van der Waals surface area contributed by atoms with Gasteiger partial charge < -0.3 is 38.3 Å². The number of aryl methyl sites for hydroxylation is 2. The van der Waals surface area contributed by atoms with Crippen molar-refractivity contribution in [2.75, 3.05) is 26.4 Å². The zero-order valence-corrected chi connectivity index (χ0v) is 50.1. The van der Waals surface area contributed by atoms with Crippen LogP contribution in [-0.2, 0) is 35.5 Å². The van der Waals surface area contributed by atoms with Gasteiger partial charge in [-0.2, -0.15) is 0 Å². The zero-order valence-electron chi connectivity index (χ0n) is 48.5. The number of imidazole rings is 2. The van der Waals surface area contributed by atoms with Crippen LogP contribution < -0.4 is 9.47 Å². The molecule has 4 aromatic carbocycles. The first-order valence-corrected chi connectivity index (χ1v) is 28.8. The monoisotopic (exact) mass is 1240 g/mol. The van der Waals surface area contributed by atoms with E-state index >= 15 is 17.6 Å². The predicted molar refractivity (Wildman–Crippen MR) is 322 cm³/mol. The van der Waals surface area contributed by atoms with Gasteiger partial charge in [-0.3, -0.25) is 0 Å². The number of carboxylic acid groups (broad SMARTS) is 2. The quantitative estimate of drug-likeness (QED) is 0.0684. The highest BCUT2D eigenvalue weighted by Gasteiger charge is 2.41. The van der Waals surface area contributed by atoms with E-state index in [1.165, 1.54) is 12.1 Å². The molecular weight excluding hydrogens is 1180 g/mol. The van der Waals surface area contributed by atoms with Gasteiger partial charge in [0.2, 0.25) is 11.8 Å². The largest absolute Gasteiger partial charge is 0.478 e. The first-order chi connectivity index (χ1) is 42.0. The highest BCUT2D eigenvalue weighted by atomic mass is 35.5. The zero-order chi connectivity index (χ0) is 62.3. The van der Waals surface area contributed by atoms with E-state index in [0.29, 0.717) is 81.6 Å². The van der Waals surface area contributed by atoms with Gasteiger partial charge in [0.1, 0.15) is 58.4 Å². The molecule has 0 amide bonds. The number of nitrogens with zero attached hydrogens (tertiary/aromatic N) is 8. The molecule has 2 aliphatic rings. The van der Waals surface area contributed by atoms with Gasteiger partial charge in [-0.05, 0) is 110 Å².